The standard InChI is InChI=1S/C16H18N2O/c1-16(12-19,15-3-2-8-18-11-15)9-13-4-6-14(10-17)7-5-13/h2-8,11-12H,9-10,17H2,1H3. The van der Waals surface area contributed by atoms with Gasteiger partial charge in [0.2, 0.25) is 0 Å². The number of carbonyl (C=O) groups excluding carboxylic acids is 1. The van der Waals surface area contributed by atoms with E-state index in [0.29, 0.717) is 13.0 Å². The molecule has 0 aliphatic carbocycles. The van der Waals surface area contributed by atoms with Crippen molar-refractivity contribution in [3.63, 3.8) is 0 Å². The normalized spacial score (nSPS) is 13.8. The number of aldehydes is 1. The zero-order valence-electron chi connectivity index (χ0n) is 11.0. The first-order valence-corrected chi connectivity index (χ1v) is 6.33. The third-order valence-electron chi connectivity index (χ3n) is 3.41. The second-order valence-electron chi connectivity index (χ2n) is 4.97. The first kappa shape index (κ1) is 13.4. The van der Waals surface area contributed by atoms with E-state index >= 15 is 0 Å². The number of benzene rings is 1. The van der Waals surface area contributed by atoms with Crippen LogP contribution in [0, 0.1) is 0 Å². The zero-order valence-corrected chi connectivity index (χ0v) is 11.0. The quantitative estimate of drug-likeness (QED) is 0.832. The second-order valence-corrected chi connectivity index (χ2v) is 4.97. The van der Waals surface area contributed by atoms with Crippen LogP contribution in [0.2, 0.25) is 0 Å². The van der Waals surface area contributed by atoms with Crippen molar-refractivity contribution < 1.29 is 4.79 Å². The lowest BCUT2D eigenvalue weighted by molar-refractivity contribution is -0.112. The Labute approximate surface area is 113 Å². The van der Waals surface area contributed by atoms with Gasteiger partial charge in [-0.1, -0.05) is 30.3 Å². The van der Waals surface area contributed by atoms with Crippen LogP contribution in [-0.2, 0) is 23.2 Å². The van der Waals surface area contributed by atoms with Crippen molar-refractivity contribution in [2.24, 2.45) is 5.73 Å². The summed E-state index contributed by atoms with van der Waals surface area (Å²) in [6.07, 6.45) is 5.13. The molecule has 1 aromatic carbocycles. The van der Waals surface area contributed by atoms with Crippen molar-refractivity contribution in [1.82, 2.24) is 4.98 Å². The highest BCUT2D eigenvalue weighted by Gasteiger charge is 2.26. The molecule has 0 spiro atoms. The molecular weight excluding hydrogens is 236 g/mol. The lowest BCUT2D eigenvalue weighted by atomic mass is 9.79. The van der Waals surface area contributed by atoms with Crippen molar-refractivity contribution in [3.8, 4) is 0 Å². The smallest absolute Gasteiger partial charge is 0.130 e. The molecule has 2 rings (SSSR count). The molecular formula is C16H18N2O. The fraction of sp³-hybridized carbons (Fsp3) is 0.250. The molecule has 3 nitrogen and oxygen atoms in total. The van der Waals surface area contributed by atoms with Gasteiger partial charge in [0.25, 0.3) is 0 Å². The van der Waals surface area contributed by atoms with E-state index in [0.717, 1.165) is 23.0 Å². The van der Waals surface area contributed by atoms with Crippen molar-refractivity contribution in [1.29, 1.82) is 0 Å². The van der Waals surface area contributed by atoms with E-state index in [4.69, 9.17) is 5.73 Å². The topological polar surface area (TPSA) is 56.0 Å². The van der Waals surface area contributed by atoms with Gasteiger partial charge >= 0.3 is 0 Å². The monoisotopic (exact) mass is 254 g/mol. The Morgan fingerprint density at radius 1 is 1.21 bits per heavy atom. The molecule has 0 saturated carbocycles. The maximum absolute atomic E-state index is 11.5. The minimum atomic E-state index is -0.543. The Bertz CT molecular complexity index is 536. The molecule has 0 fully saturated rings. The summed E-state index contributed by atoms with van der Waals surface area (Å²) in [4.78, 5) is 15.6. The van der Waals surface area contributed by atoms with Crippen LogP contribution in [0.15, 0.2) is 48.8 Å². The zero-order chi connectivity index (χ0) is 13.7. The van der Waals surface area contributed by atoms with Gasteiger partial charge in [-0.2, -0.15) is 0 Å². The summed E-state index contributed by atoms with van der Waals surface area (Å²) in [5.74, 6) is 0. The number of nitrogens with two attached hydrogens (primary N) is 1. The largest absolute Gasteiger partial charge is 0.326 e. The highest BCUT2D eigenvalue weighted by atomic mass is 16.1. The fourth-order valence-corrected chi connectivity index (χ4v) is 2.13. The molecule has 19 heavy (non-hydrogen) atoms. The van der Waals surface area contributed by atoms with Crippen molar-refractivity contribution >= 4 is 6.29 Å². The highest BCUT2D eigenvalue weighted by Crippen LogP contribution is 2.25. The molecule has 1 unspecified atom stereocenters. The summed E-state index contributed by atoms with van der Waals surface area (Å²) in [5, 5.41) is 0. The Balaban J connectivity index is 2.25. The van der Waals surface area contributed by atoms with Crippen LogP contribution in [0.4, 0.5) is 0 Å². The molecule has 0 amide bonds. The molecule has 0 aliphatic heterocycles. The number of hydrogen-bond acceptors (Lipinski definition) is 3. The molecule has 0 radical (unpaired) electrons. The van der Waals surface area contributed by atoms with Crippen LogP contribution < -0.4 is 5.73 Å². The first-order chi connectivity index (χ1) is 9.18. The van der Waals surface area contributed by atoms with Crippen LogP contribution in [0.25, 0.3) is 0 Å². The predicted octanol–water partition coefficient (Wildman–Crippen LogP) is 2.24. The first-order valence-electron chi connectivity index (χ1n) is 6.33. The summed E-state index contributed by atoms with van der Waals surface area (Å²) >= 11 is 0. The summed E-state index contributed by atoms with van der Waals surface area (Å²) in [6.45, 7) is 2.47. The summed E-state index contributed by atoms with van der Waals surface area (Å²) < 4.78 is 0. The number of aromatic nitrogens is 1. The molecule has 0 bridgehead atoms. The number of pyridine rings is 1. The van der Waals surface area contributed by atoms with Crippen LogP contribution in [-0.4, -0.2) is 11.3 Å². The summed E-state index contributed by atoms with van der Waals surface area (Å²) in [6, 6.07) is 11.9. The van der Waals surface area contributed by atoms with E-state index < -0.39 is 5.41 Å². The van der Waals surface area contributed by atoms with Crippen molar-refractivity contribution in [2.75, 3.05) is 0 Å². The van der Waals surface area contributed by atoms with E-state index in [-0.39, 0.29) is 0 Å². The van der Waals surface area contributed by atoms with Crippen LogP contribution in [0.1, 0.15) is 23.6 Å². The van der Waals surface area contributed by atoms with Gasteiger partial charge in [-0.3, -0.25) is 4.98 Å². The van der Waals surface area contributed by atoms with Crippen molar-refractivity contribution in [3.05, 3.63) is 65.5 Å². The van der Waals surface area contributed by atoms with E-state index in [1.165, 1.54) is 0 Å². The maximum atomic E-state index is 11.5. The molecule has 0 saturated heterocycles. The van der Waals surface area contributed by atoms with Gasteiger partial charge in [-0.25, -0.2) is 0 Å². The second kappa shape index (κ2) is 5.76. The minimum Gasteiger partial charge on any atom is -0.326 e. The Kier molecular flexibility index (Phi) is 4.07. The molecule has 0 aliphatic rings. The predicted molar refractivity (Wildman–Crippen MR) is 75.7 cm³/mol. The van der Waals surface area contributed by atoms with Gasteiger partial charge in [0.1, 0.15) is 6.29 Å². The molecule has 3 heteroatoms. The molecule has 2 aromatic rings. The molecule has 98 valence electrons. The minimum absolute atomic E-state index is 0.536. The average Bonchev–Trinajstić information content (AvgIpc) is 2.49. The number of carbonyl (C=O) groups is 1. The van der Waals surface area contributed by atoms with E-state index in [1.54, 1.807) is 12.4 Å². The summed E-state index contributed by atoms with van der Waals surface area (Å²) in [5.41, 5.74) is 8.19. The maximum Gasteiger partial charge on any atom is 0.130 e. The van der Waals surface area contributed by atoms with Gasteiger partial charge in [0.15, 0.2) is 0 Å². The SMILES string of the molecule is CC(C=O)(Cc1ccc(CN)cc1)c1cccnc1. The van der Waals surface area contributed by atoms with Gasteiger partial charge in [-0.05, 0) is 36.1 Å². The molecule has 2 N–H and O–H groups in total. The van der Waals surface area contributed by atoms with Gasteiger partial charge in [-0.15, -0.1) is 0 Å². The highest BCUT2D eigenvalue weighted by molar-refractivity contribution is 5.68. The molecule has 1 atom stereocenters. The Hall–Kier alpha value is -2.00. The third kappa shape index (κ3) is 3.06. The third-order valence-corrected chi connectivity index (χ3v) is 3.41. The van der Waals surface area contributed by atoms with Gasteiger partial charge in [0, 0.05) is 18.9 Å². The number of nitrogens with zero attached hydrogens (tertiary/aromatic N) is 1. The molecule has 1 aromatic heterocycles. The van der Waals surface area contributed by atoms with E-state index in [9.17, 15) is 4.79 Å². The average molecular weight is 254 g/mol. The molecule has 1 heterocycles. The van der Waals surface area contributed by atoms with Crippen LogP contribution >= 0.6 is 0 Å². The number of hydrogen-bond donors (Lipinski definition) is 1. The Morgan fingerprint density at radius 2 is 1.89 bits per heavy atom. The van der Waals surface area contributed by atoms with E-state index in [2.05, 4.69) is 4.98 Å². The van der Waals surface area contributed by atoms with Gasteiger partial charge < -0.3 is 10.5 Å². The van der Waals surface area contributed by atoms with E-state index in [1.807, 2.05) is 43.3 Å². The summed E-state index contributed by atoms with van der Waals surface area (Å²) in [7, 11) is 0. The fourth-order valence-electron chi connectivity index (χ4n) is 2.13. The van der Waals surface area contributed by atoms with Crippen LogP contribution in [0.5, 0.6) is 0 Å². The lowest BCUT2D eigenvalue weighted by Crippen LogP contribution is -2.27. The Morgan fingerprint density at radius 3 is 2.42 bits per heavy atom. The number of rotatable bonds is 5. The lowest BCUT2D eigenvalue weighted by Gasteiger charge is -2.23. The van der Waals surface area contributed by atoms with Crippen LogP contribution in [0.3, 0.4) is 0 Å². The van der Waals surface area contributed by atoms with Gasteiger partial charge in [0.05, 0.1) is 5.41 Å². The van der Waals surface area contributed by atoms with Crippen molar-refractivity contribution in [2.45, 2.75) is 25.3 Å².